The van der Waals surface area contributed by atoms with Crippen molar-refractivity contribution in [3.05, 3.63) is 58.1 Å². The molecule has 7 heteroatoms. The van der Waals surface area contributed by atoms with Gasteiger partial charge in [-0.1, -0.05) is 17.7 Å². The number of nitrogens with one attached hydrogen (secondary N) is 2. The molecule has 0 saturated heterocycles. The van der Waals surface area contributed by atoms with E-state index in [1.54, 1.807) is 19.1 Å². The molecule has 0 aliphatic heterocycles. The van der Waals surface area contributed by atoms with Crippen LogP contribution in [0.5, 0.6) is 0 Å². The first-order valence-electron chi connectivity index (χ1n) is 6.62. The largest absolute Gasteiger partial charge is 0.316 e. The molecular formula is C16H13ClF2N2O2. The summed E-state index contributed by atoms with van der Waals surface area (Å²) in [4.78, 5) is 23.7. The molecule has 0 aliphatic rings. The minimum Gasteiger partial charge on any atom is -0.316 e. The van der Waals surface area contributed by atoms with Gasteiger partial charge < -0.3 is 10.6 Å². The third-order valence-corrected chi connectivity index (χ3v) is 3.35. The highest BCUT2D eigenvalue weighted by atomic mass is 35.5. The van der Waals surface area contributed by atoms with Crippen LogP contribution in [0, 0.1) is 25.5 Å². The lowest BCUT2D eigenvalue weighted by molar-refractivity contribution is -0.133. The van der Waals surface area contributed by atoms with Gasteiger partial charge in [-0.25, -0.2) is 8.78 Å². The van der Waals surface area contributed by atoms with Gasteiger partial charge in [0.25, 0.3) is 0 Å². The van der Waals surface area contributed by atoms with Gasteiger partial charge in [0.05, 0.1) is 16.4 Å². The monoisotopic (exact) mass is 338 g/mol. The van der Waals surface area contributed by atoms with Crippen LogP contribution in [0.4, 0.5) is 20.2 Å². The molecule has 0 saturated carbocycles. The zero-order valence-corrected chi connectivity index (χ0v) is 13.1. The zero-order chi connectivity index (χ0) is 17.1. The van der Waals surface area contributed by atoms with E-state index in [0.29, 0.717) is 17.3 Å². The van der Waals surface area contributed by atoms with Crippen molar-refractivity contribution in [2.75, 3.05) is 10.6 Å². The summed E-state index contributed by atoms with van der Waals surface area (Å²) >= 11 is 6.04. The second kappa shape index (κ2) is 6.75. The van der Waals surface area contributed by atoms with Crippen molar-refractivity contribution in [3.8, 4) is 0 Å². The molecular weight excluding hydrogens is 326 g/mol. The highest BCUT2D eigenvalue weighted by Gasteiger charge is 2.18. The van der Waals surface area contributed by atoms with Crippen LogP contribution in [-0.4, -0.2) is 11.8 Å². The first kappa shape index (κ1) is 16.9. The van der Waals surface area contributed by atoms with E-state index in [4.69, 9.17) is 11.6 Å². The second-order valence-corrected chi connectivity index (χ2v) is 5.38. The zero-order valence-electron chi connectivity index (χ0n) is 12.3. The Hall–Kier alpha value is -2.47. The highest BCUT2D eigenvalue weighted by Crippen LogP contribution is 2.27. The van der Waals surface area contributed by atoms with Gasteiger partial charge >= 0.3 is 11.8 Å². The van der Waals surface area contributed by atoms with Crippen LogP contribution in [0.25, 0.3) is 0 Å². The number of rotatable bonds is 2. The number of carbonyl (C=O) groups excluding carboxylic acids is 2. The standard InChI is InChI=1S/C16H13ClF2N2O2/c1-8-5-9(2)14(11(17)6-8)21-16(23)15(22)20-13-4-3-10(18)7-12(13)19/h3-7H,1-2H3,(H,20,22)(H,21,23). The van der Waals surface area contributed by atoms with E-state index < -0.39 is 23.4 Å². The minimum atomic E-state index is -1.09. The molecule has 4 nitrogen and oxygen atoms in total. The van der Waals surface area contributed by atoms with Crippen molar-refractivity contribution >= 4 is 34.8 Å². The molecule has 0 radical (unpaired) electrons. The number of halogens is 3. The summed E-state index contributed by atoms with van der Waals surface area (Å²) in [6.45, 7) is 3.57. The van der Waals surface area contributed by atoms with Crippen LogP contribution in [0.15, 0.2) is 30.3 Å². The van der Waals surface area contributed by atoms with Crippen LogP contribution in [0.2, 0.25) is 5.02 Å². The molecule has 0 fully saturated rings. The Morgan fingerprint density at radius 2 is 1.65 bits per heavy atom. The molecule has 120 valence electrons. The fraction of sp³-hybridized carbons (Fsp3) is 0.125. The summed E-state index contributed by atoms with van der Waals surface area (Å²) in [7, 11) is 0. The lowest BCUT2D eigenvalue weighted by Crippen LogP contribution is -2.29. The number of amides is 2. The van der Waals surface area contributed by atoms with E-state index >= 15 is 0 Å². The molecule has 2 N–H and O–H groups in total. The van der Waals surface area contributed by atoms with Gasteiger partial charge in [-0.2, -0.15) is 0 Å². The molecule has 2 aromatic rings. The smallest absolute Gasteiger partial charge is 0.314 e. The van der Waals surface area contributed by atoms with Gasteiger partial charge in [0, 0.05) is 6.07 Å². The SMILES string of the molecule is Cc1cc(C)c(NC(=O)C(=O)Nc2ccc(F)cc2F)c(Cl)c1. The molecule has 2 aromatic carbocycles. The van der Waals surface area contributed by atoms with Gasteiger partial charge in [0.15, 0.2) is 0 Å². The molecule has 0 aromatic heterocycles. The van der Waals surface area contributed by atoms with Crippen molar-refractivity contribution < 1.29 is 18.4 Å². The fourth-order valence-electron chi connectivity index (χ4n) is 2.01. The predicted octanol–water partition coefficient (Wildman–Crippen LogP) is 3.81. The first-order valence-corrected chi connectivity index (χ1v) is 7.00. The summed E-state index contributed by atoms with van der Waals surface area (Å²) in [5.74, 6) is -3.86. The molecule has 0 aliphatic carbocycles. The lowest BCUT2D eigenvalue weighted by atomic mass is 10.1. The van der Waals surface area contributed by atoms with E-state index in [0.717, 1.165) is 17.7 Å². The Kier molecular flexibility index (Phi) is 4.95. The summed E-state index contributed by atoms with van der Waals surface area (Å²) < 4.78 is 26.3. The number of aryl methyl sites for hydroxylation is 2. The van der Waals surface area contributed by atoms with E-state index in [2.05, 4.69) is 10.6 Å². The van der Waals surface area contributed by atoms with Crippen molar-refractivity contribution in [2.45, 2.75) is 13.8 Å². The van der Waals surface area contributed by atoms with Crippen LogP contribution in [0.1, 0.15) is 11.1 Å². The maximum Gasteiger partial charge on any atom is 0.314 e. The summed E-state index contributed by atoms with van der Waals surface area (Å²) in [5, 5.41) is 4.74. The summed E-state index contributed by atoms with van der Waals surface area (Å²) in [5.41, 5.74) is 1.60. The predicted molar refractivity (Wildman–Crippen MR) is 84.5 cm³/mol. The summed E-state index contributed by atoms with van der Waals surface area (Å²) in [6.07, 6.45) is 0. The number of hydrogen-bond acceptors (Lipinski definition) is 2. The molecule has 2 rings (SSSR count). The van der Waals surface area contributed by atoms with Gasteiger partial charge in [-0.3, -0.25) is 9.59 Å². The van der Waals surface area contributed by atoms with Crippen molar-refractivity contribution in [3.63, 3.8) is 0 Å². The van der Waals surface area contributed by atoms with Crippen molar-refractivity contribution in [1.29, 1.82) is 0 Å². The van der Waals surface area contributed by atoms with Gasteiger partial charge in [-0.15, -0.1) is 0 Å². The Balaban J connectivity index is 2.13. The maximum absolute atomic E-state index is 13.5. The average molecular weight is 339 g/mol. The quantitative estimate of drug-likeness (QED) is 0.818. The van der Waals surface area contributed by atoms with Gasteiger partial charge in [0.1, 0.15) is 11.6 Å². The maximum atomic E-state index is 13.5. The van der Waals surface area contributed by atoms with Crippen LogP contribution >= 0.6 is 11.6 Å². The normalized spacial score (nSPS) is 10.3. The number of benzene rings is 2. The number of carbonyl (C=O) groups is 2. The molecule has 2 amide bonds. The Morgan fingerprint density at radius 1 is 1.00 bits per heavy atom. The number of hydrogen-bond donors (Lipinski definition) is 2. The Morgan fingerprint density at radius 3 is 2.26 bits per heavy atom. The average Bonchev–Trinajstić information content (AvgIpc) is 2.45. The topological polar surface area (TPSA) is 58.2 Å². The van der Waals surface area contributed by atoms with Crippen molar-refractivity contribution in [2.24, 2.45) is 0 Å². The number of anilines is 2. The van der Waals surface area contributed by atoms with Crippen LogP contribution in [-0.2, 0) is 9.59 Å². The van der Waals surface area contributed by atoms with Gasteiger partial charge in [0.2, 0.25) is 0 Å². The van der Waals surface area contributed by atoms with Gasteiger partial charge in [-0.05, 0) is 43.2 Å². The fourth-order valence-corrected chi connectivity index (χ4v) is 2.38. The van der Waals surface area contributed by atoms with E-state index in [1.807, 2.05) is 6.92 Å². The molecule has 0 spiro atoms. The Bertz CT molecular complexity index is 771. The van der Waals surface area contributed by atoms with E-state index in [1.165, 1.54) is 0 Å². The third-order valence-electron chi connectivity index (χ3n) is 3.06. The van der Waals surface area contributed by atoms with Crippen LogP contribution in [0.3, 0.4) is 0 Å². The minimum absolute atomic E-state index is 0.289. The summed E-state index contributed by atoms with van der Waals surface area (Å²) in [6, 6.07) is 6.03. The molecule has 0 unspecified atom stereocenters. The lowest BCUT2D eigenvalue weighted by Gasteiger charge is -2.12. The van der Waals surface area contributed by atoms with E-state index in [-0.39, 0.29) is 10.7 Å². The molecule has 0 atom stereocenters. The molecule has 23 heavy (non-hydrogen) atoms. The first-order chi connectivity index (χ1) is 10.8. The third kappa shape index (κ3) is 4.04. The Labute approximate surface area is 136 Å². The van der Waals surface area contributed by atoms with Crippen molar-refractivity contribution in [1.82, 2.24) is 0 Å². The van der Waals surface area contributed by atoms with Crippen LogP contribution < -0.4 is 10.6 Å². The highest BCUT2D eigenvalue weighted by molar-refractivity contribution is 6.45. The molecule has 0 heterocycles. The van der Waals surface area contributed by atoms with E-state index in [9.17, 15) is 18.4 Å². The molecule has 0 bridgehead atoms. The second-order valence-electron chi connectivity index (χ2n) is 4.97.